The fraction of sp³-hybridized carbons (Fsp3) is 0.381. The molecule has 0 N–H and O–H groups in total. The Labute approximate surface area is 162 Å². The quantitative estimate of drug-likeness (QED) is 0.693. The van der Waals surface area contributed by atoms with E-state index in [2.05, 4.69) is 10.1 Å². The van der Waals surface area contributed by atoms with Crippen LogP contribution in [0.5, 0.6) is 0 Å². The maximum absolute atomic E-state index is 13.2. The SMILES string of the molecule is Cc1nc2c(cnn2C(C)C)cc1C(=O)N1CCOC(c2ccc(F)cc2)C1. The minimum atomic E-state index is -0.288. The van der Waals surface area contributed by atoms with Gasteiger partial charge < -0.3 is 9.64 Å². The summed E-state index contributed by atoms with van der Waals surface area (Å²) in [6.45, 7) is 7.32. The van der Waals surface area contributed by atoms with Gasteiger partial charge in [0.2, 0.25) is 0 Å². The number of hydrogen-bond donors (Lipinski definition) is 0. The van der Waals surface area contributed by atoms with Crippen LogP contribution < -0.4 is 0 Å². The first kappa shape index (κ1) is 18.6. The Balaban J connectivity index is 1.60. The fourth-order valence-corrected chi connectivity index (χ4v) is 3.54. The normalized spacial score (nSPS) is 17.5. The molecule has 0 aliphatic carbocycles. The fourth-order valence-electron chi connectivity index (χ4n) is 3.54. The molecule has 0 radical (unpaired) electrons. The summed E-state index contributed by atoms with van der Waals surface area (Å²) in [6, 6.07) is 8.29. The van der Waals surface area contributed by atoms with Gasteiger partial charge in [0, 0.05) is 18.0 Å². The molecule has 3 aromatic rings. The molecule has 28 heavy (non-hydrogen) atoms. The van der Waals surface area contributed by atoms with Gasteiger partial charge in [-0.25, -0.2) is 14.1 Å². The number of nitrogens with zero attached hydrogens (tertiary/aromatic N) is 4. The second-order valence-electron chi connectivity index (χ2n) is 7.38. The summed E-state index contributed by atoms with van der Waals surface area (Å²) >= 11 is 0. The van der Waals surface area contributed by atoms with Crippen LogP contribution in [0.25, 0.3) is 11.0 Å². The molecule has 6 nitrogen and oxygen atoms in total. The molecule has 3 heterocycles. The lowest BCUT2D eigenvalue weighted by molar-refractivity contribution is -0.0228. The number of halogens is 1. The highest BCUT2D eigenvalue weighted by Gasteiger charge is 2.27. The molecule has 0 spiro atoms. The van der Waals surface area contributed by atoms with E-state index in [4.69, 9.17) is 4.74 Å². The minimum Gasteiger partial charge on any atom is -0.370 e. The first-order valence-corrected chi connectivity index (χ1v) is 9.45. The number of fused-ring (bicyclic) bond motifs is 1. The highest BCUT2D eigenvalue weighted by atomic mass is 19.1. The molecule has 1 aliphatic heterocycles. The zero-order valence-electron chi connectivity index (χ0n) is 16.2. The predicted octanol–water partition coefficient (Wildman–Crippen LogP) is 3.67. The number of pyridine rings is 1. The second-order valence-corrected chi connectivity index (χ2v) is 7.38. The predicted molar refractivity (Wildman–Crippen MR) is 104 cm³/mol. The Bertz CT molecular complexity index is 1010. The van der Waals surface area contributed by atoms with Crippen LogP contribution in [0.1, 0.15) is 47.6 Å². The number of rotatable bonds is 3. The molecule has 1 aliphatic rings. The number of aromatic nitrogens is 3. The van der Waals surface area contributed by atoms with Gasteiger partial charge in [0.1, 0.15) is 11.9 Å². The van der Waals surface area contributed by atoms with E-state index < -0.39 is 0 Å². The first-order valence-electron chi connectivity index (χ1n) is 9.45. The lowest BCUT2D eigenvalue weighted by Crippen LogP contribution is -2.42. The van der Waals surface area contributed by atoms with Gasteiger partial charge in [-0.15, -0.1) is 0 Å². The molecule has 1 atom stereocenters. The van der Waals surface area contributed by atoms with Gasteiger partial charge >= 0.3 is 0 Å². The molecule has 1 aromatic carbocycles. The summed E-state index contributed by atoms with van der Waals surface area (Å²) in [5.74, 6) is -0.357. The highest BCUT2D eigenvalue weighted by Crippen LogP contribution is 2.25. The number of hydrogen-bond acceptors (Lipinski definition) is 4. The van der Waals surface area contributed by atoms with Crippen LogP contribution in [-0.2, 0) is 4.74 Å². The van der Waals surface area contributed by atoms with Gasteiger partial charge in [-0.2, -0.15) is 5.10 Å². The smallest absolute Gasteiger partial charge is 0.255 e. The summed E-state index contributed by atoms with van der Waals surface area (Å²) in [7, 11) is 0. The molecule has 1 amide bonds. The van der Waals surface area contributed by atoms with E-state index in [0.717, 1.165) is 16.6 Å². The second kappa shape index (κ2) is 7.31. The van der Waals surface area contributed by atoms with E-state index in [1.807, 2.05) is 31.5 Å². The largest absolute Gasteiger partial charge is 0.370 e. The van der Waals surface area contributed by atoms with Gasteiger partial charge in [0.25, 0.3) is 5.91 Å². The summed E-state index contributed by atoms with van der Waals surface area (Å²) in [6.07, 6.45) is 1.48. The average molecular weight is 382 g/mol. The first-order chi connectivity index (χ1) is 13.4. The molecule has 1 saturated heterocycles. The highest BCUT2D eigenvalue weighted by molar-refractivity contribution is 5.98. The Hall–Kier alpha value is -2.80. The van der Waals surface area contributed by atoms with Crippen LogP contribution in [0.3, 0.4) is 0 Å². The number of carbonyl (C=O) groups excluding carboxylic acids is 1. The van der Waals surface area contributed by atoms with Crippen molar-refractivity contribution in [2.45, 2.75) is 32.9 Å². The number of aryl methyl sites for hydroxylation is 1. The summed E-state index contributed by atoms with van der Waals surface area (Å²) in [5, 5.41) is 5.24. The zero-order chi connectivity index (χ0) is 19.8. The Morgan fingerprint density at radius 3 is 2.75 bits per heavy atom. The Morgan fingerprint density at radius 2 is 2.04 bits per heavy atom. The van der Waals surface area contributed by atoms with Crippen LogP contribution in [-0.4, -0.2) is 45.3 Å². The zero-order valence-corrected chi connectivity index (χ0v) is 16.2. The van der Waals surface area contributed by atoms with Crippen molar-refractivity contribution in [3.05, 3.63) is 59.2 Å². The van der Waals surface area contributed by atoms with Crippen molar-refractivity contribution >= 4 is 16.9 Å². The number of benzene rings is 1. The minimum absolute atomic E-state index is 0.0698. The van der Waals surface area contributed by atoms with E-state index in [1.54, 1.807) is 23.2 Å². The maximum atomic E-state index is 13.2. The van der Waals surface area contributed by atoms with Gasteiger partial charge in [-0.3, -0.25) is 4.79 Å². The van der Waals surface area contributed by atoms with E-state index in [9.17, 15) is 9.18 Å². The molecule has 146 valence electrons. The lowest BCUT2D eigenvalue weighted by Gasteiger charge is -2.33. The lowest BCUT2D eigenvalue weighted by atomic mass is 10.1. The number of morpholine rings is 1. The van der Waals surface area contributed by atoms with E-state index in [-0.39, 0.29) is 23.9 Å². The Kier molecular flexibility index (Phi) is 4.85. The monoisotopic (exact) mass is 382 g/mol. The molecule has 7 heteroatoms. The average Bonchev–Trinajstić information content (AvgIpc) is 3.10. The van der Waals surface area contributed by atoms with Crippen molar-refractivity contribution in [2.75, 3.05) is 19.7 Å². The van der Waals surface area contributed by atoms with Crippen LogP contribution in [0, 0.1) is 12.7 Å². The maximum Gasteiger partial charge on any atom is 0.255 e. The van der Waals surface area contributed by atoms with E-state index in [0.29, 0.717) is 31.0 Å². The molecular weight excluding hydrogens is 359 g/mol. The van der Waals surface area contributed by atoms with Gasteiger partial charge in [0.15, 0.2) is 5.65 Å². The topological polar surface area (TPSA) is 60.2 Å². The van der Waals surface area contributed by atoms with Gasteiger partial charge in [-0.1, -0.05) is 12.1 Å². The van der Waals surface area contributed by atoms with Gasteiger partial charge in [0.05, 0.1) is 30.6 Å². The summed E-state index contributed by atoms with van der Waals surface area (Å²) < 4.78 is 20.8. The molecule has 1 unspecified atom stereocenters. The van der Waals surface area contributed by atoms with Crippen molar-refractivity contribution in [1.82, 2.24) is 19.7 Å². The number of amides is 1. The third-order valence-corrected chi connectivity index (χ3v) is 5.07. The van der Waals surface area contributed by atoms with Crippen molar-refractivity contribution in [2.24, 2.45) is 0 Å². The van der Waals surface area contributed by atoms with Crippen LogP contribution >= 0.6 is 0 Å². The summed E-state index contributed by atoms with van der Waals surface area (Å²) in [4.78, 5) is 19.6. The third-order valence-electron chi connectivity index (χ3n) is 5.07. The molecular formula is C21H23FN4O2. The van der Waals surface area contributed by atoms with Gasteiger partial charge in [-0.05, 0) is 44.5 Å². The van der Waals surface area contributed by atoms with Crippen LogP contribution in [0.15, 0.2) is 36.5 Å². The van der Waals surface area contributed by atoms with Crippen molar-refractivity contribution in [3.63, 3.8) is 0 Å². The van der Waals surface area contributed by atoms with Crippen molar-refractivity contribution < 1.29 is 13.9 Å². The van der Waals surface area contributed by atoms with Crippen LogP contribution in [0.4, 0.5) is 4.39 Å². The summed E-state index contributed by atoms with van der Waals surface area (Å²) in [5.41, 5.74) is 2.91. The Morgan fingerprint density at radius 1 is 1.29 bits per heavy atom. The molecule has 4 rings (SSSR count). The molecule has 0 bridgehead atoms. The number of ether oxygens (including phenoxy) is 1. The van der Waals surface area contributed by atoms with Crippen molar-refractivity contribution in [3.8, 4) is 0 Å². The van der Waals surface area contributed by atoms with E-state index >= 15 is 0 Å². The third kappa shape index (κ3) is 3.38. The molecule has 1 fully saturated rings. The number of carbonyl (C=O) groups is 1. The van der Waals surface area contributed by atoms with Crippen LogP contribution in [0.2, 0.25) is 0 Å². The van der Waals surface area contributed by atoms with E-state index in [1.165, 1.54) is 12.1 Å². The standard InChI is InChI=1S/C21H23FN4O2/c1-13(2)26-20-16(11-23-26)10-18(14(3)24-20)21(27)25-8-9-28-19(12-25)15-4-6-17(22)7-5-15/h4-7,10-11,13,19H,8-9,12H2,1-3H3. The molecule has 0 saturated carbocycles. The van der Waals surface area contributed by atoms with Crippen molar-refractivity contribution in [1.29, 1.82) is 0 Å². The molecule has 2 aromatic heterocycles.